The fraction of sp³-hybridized carbons (Fsp3) is 1.00. The second-order valence-electron chi connectivity index (χ2n) is 6.17. The first-order chi connectivity index (χ1) is 8.09. The molecular formula is C14H30N2O. The molecule has 0 aromatic carbocycles. The largest absolute Gasteiger partial charge is 0.395 e. The van der Waals surface area contributed by atoms with E-state index in [1.165, 1.54) is 38.5 Å². The first-order valence-electron chi connectivity index (χ1n) is 7.14. The fourth-order valence-corrected chi connectivity index (χ4v) is 2.74. The Morgan fingerprint density at radius 2 is 1.88 bits per heavy atom. The van der Waals surface area contributed by atoms with Gasteiger partial charge >= 0.3 is 0 Å². The lowest BCUT2D eigenvalue weighted by molar-refractivity contribution is 0.144. The number of hydrogen-bond acceptors (Lipinski definition) is 3. The Morgan fingerprint density at radius 1 is 1.24 bits per heavy atom. The predicted octanol–water partition coefficient (Wildman–Crippen LogP) is 1.99. The van der Waals surface area contributed by atoms with Crippen LogP contribution in [0, 0.1) is 5.41 Å². The summed E-state index contributed by atoms with van der Waals surface area (Å²) in [5.41, 5.74) is 6.01. The molecule has 1 aliphatic rings. The Kier molecular flexibility index (Phi) is 6.45. The van der Waals surface area contributed by atoms with Gasteiger partial charge in [0.2, 0.25) is 0 Å². The van der Waals surface area contributed by atoms with E-state index in [9.17, 15) is 0 Å². The molecule has 1 saturated carbocycles. The average Bonchev–Trinajstić information content (AvgIpc) is 2.81. The Balaban J connectivity index is 2.29. The predicted molar refractivity (Wildman–Crippen MR) is 73.0 cm³/mol. The third kappa shape index (κ3) is 5.36. The van der Waals surface area contributed by atoms with Gasteiger partial charge in [-0.05, 0) is 44.2 Å². The van der Waals surface area contributed by atoms with Crippen LogP contribution in [0.4, 0.5) is 0 Å². The molecule has 0 bridgehead atoms. The second-order valence-corrected chi connectivity index (χ2v) is 6.17. The van der Waals surface area contributed by atoms with Crippen molar-refractivity contribution in [1.29, 1.82) is 0 Å². The third-order valence-corrected chi connectivity index (χ3v) is 4.08. The van der Waals surface area contributed by atoms with Crippen LogP contribution in [0.3, 0.4) is 0 Å². The topological polar surface area (TPSA) is 49.5 Å². The first-order valence-corrected chi connectivity index (χ1v) is 7.14. The van der Waals surface area contributed by atoms with Gasteiger partial charge in [-0.1, -0.05) is 26.7 Å². The molecule has 0 aromatic heterocycles. The van der Waals surface area contributed by atoms with Gasteiger partial charge in [0.15, 0.2) is 0 Å². The van der Waals surface area contributed by atoms with E-state index in [1.54, 1.807) is 0 Å². The Bertz CT molecular complexity index is 200. The zero-order valence-electron chi connectivity index (χ0n) is 11.6. The Hall–Kier alpha value is -0.120. The summed E-state index contributed by atoms with van der Waals surface area (Å²) in [7, 11) is 0. The quantitative estimate of drug-likeness (QED) is 0.684. The molecule has 0 aromatic rings. The number of aliphatic hydroxyl groups excluding tert-OH is 1. The van der Waals surface area contributed by atoms with Crippen LogP contribution in [0.2, 0.25) is 0 Å². The van der Waals surface area contributed by atoms with E-state index in [-0.39, 0.29) is 12.0 Å². The van der Waals surface area contributed by atoms with Gasteiger partial charge in [0.05, 0.1) is 6.61 Å². The molecule has 0 saturated heterocycles. The Labute approximate surface area is 106 Å². The molecule has 0 radical (unpaired) electrons. The van der Waals surface area contributed by atoms with Crippen LogP contribution in [0.15, 0.2) is 0 Å². The summed E-state index contributed by atoms with van der Waals surface area (Å²) in [6.07, 6.45) is 7.74. The van der Waals surface area contributed by atoms with Gasteiger partial charge < -0.3 is 10.8 Å². The van der Waals surface area contributed by atoms with E-state index < -0.39 is 0 Å². The summed E-state index contributed by atoms with van der Waals surface area (Å²) in [5.74, 6) is 0. The van der Waals surface area contributed by atoms with Crippen molar-refractivity contribution in [2.24, 2.45) is 11.1 Å². The zero-order valence-corrected chi connectivity index (χ0v) is 11.6. The zero-order chi connectivity index (χ0) is 12.7. The van der Waals surface area contributed by atoms with E-state index in [1.807, 2.05) is 0 Å². The molecule has 0 spiro atoms. The minimum atomic E-state index is 0.264. The van der Waals surface area contributed by atoms with Gasteiger partial charge in [-0.2, -0.15) is 0 Å². The molecule has 0 amide bonds. The van der Waals surface area contributed by atoms with Gasteiger partial charge in [0.25, 0.3) is 0 Å². The molecule has 102 valence electrons. The van der Waals surface area contributed by atoms with Crippen molar-refractivity contribution in [1.82, 2.24) is 4.90 Å². The number of nitrogens with two attached hydrogens (primary N) is 1. The molecule has 3 heteroatoms. The van der Waals surface area contributed by atoms with E-state index >= 15 is 0 Å². The van der Waals surface area contributed by atoms with Crippen molar-refractivity contribution in [2.45, 2.75) is 58.4 Å². The van der Waals surface area contributed by atoms with Crippen LogP contribution in [0.25, 0.3) is 0 Å². The van der Waals surface area contributed by atoms with Gasteiger partial charge in [-0.15, -0.1) is 0 Å². The molecule has 0 atom stereocenters. The molecule has 3 N–H and O–H groups in total. The minimum absolute atomic E-state index is 0.264. The highest BCUT2D eigenvalue weighted by atomic mass is 16.3. The molecule has 1 rings (SSSR count). The second kappa shape index (κ2) is 7.34. The van der Waals surface area contributed by atoms with Gasteiger partial charge in [0.1, 0.15) is 0 Å². The summed E-state index contributed by atoms with van der Waals surface area (Å²) in [6.45, 7) is 7.48. The highest BCUT2D eigenvalue weighted by molar-refractivity contribution is 4.78. The number of rotatable bonds is 8. The van der Waals surface area contributed by atoms with E-state index in [0.717, 1.165) is 25.7 Å². The number of aliphatic hydroxyl groups is 1. The number of hydrogen-bond donors (Lipinski definition) is 2. The van der Waals surface area contributed by atoms with Crippen molar-refractivity contribution in [2.75, 3.05) is 26.2 Å². The van der Waals surface area contributed by atoms with Gasteiger partial charge in [-0.25, -0.2) is 0 Å². The number of nitrogens with zero attached hydrogens (tertiary/aromatic N) is 1. The molecule has 0 unspecified atom stereocenters. The average molecular weight is 242 g/mol. The van der Waals surface area contributed by atoms with Crippen LogP contribution in [0.1, 0.15) is 52.4 Å². The summed E-state index contributed by atoms with van der Waals surface area (Å²) < 4.78 is 0. The van der Waals surface area contributed by atoms with Crippen molar-refractivity contribution < 1.29 is 5.11 Å². The molecule has 0 heterocycles. The van der Waals surface area contributed by atoms with Crippen LogP contribution in [-0.2, 0) is 0 Å². The van der Waals surface area contributed by atoms with Crippen LogP contribution < -0.4 is 5.73 Å². The van der Waals surface area contributed by atoms with E-state index in [0.29, 0.717) is 0 Å². The SMILES string of the molecule is CC(C)(CN)CCCN(CCO)C1CCCC1. The lowest BCUT2D eigenvalue weighted by atomic mass is 9.88. The van der Waals surface area contributed by atoms with E-state index in [4.69, 9.17) is 10.8 Å². The molecule has 0 aliphatic heterocycles. The first kappa shape index (κ1) is 14.9. The summed E-state index contributed by atoms with van der Waals surface area (Å²) >= 11 is 0. The molecule has 3 nitrogen and oxygen atoms in total. The van der Waals surface area contributed by atoms with Crippen LogP contribution in [0.5, 0.6) is 0 Å². The highest BCUT2D eigenvalue weighted by Crippen LogP contribution is 2.25. The monoisotopic (exact) mass is 242 g/mol. The third-order valence-electron chi connectivity index (χ3n) is 4.08. The van der Waals surface area contributed by atoms with Crippen LogP contribution in [-0.4, -0.2) is 42.3 Å². The maximum atomic E-state index is 9.14. The summed E-state index contributed by atoms with van der Waals surface area (Å²) in [6, 6.07) is 0.725. The van der Waals surface area contributed by atoms with E-state index in [2.05, 4.69) is 18.7 Å². The van der Waals surface area contributed by atoms with Crippen LogP contribution >= 0.6 is 0 Å². The summed E-state index contributed by atoms with van der Waals surface area (Å²) in [4.78, 5) is 2.49. The van der Waals surface area contributed by atoms with Gasteiger partial charge in [0, 0.05) is 12.6 Å². The lowest BCUT2D eigenvalue weighted by Gasteiger charge is -2.30. The standard InChI is InChI=1S/C14H30N2O/c1-14(2,12-15)8-5-9-16(10-11-17)13-6-3-4-7-13/h13,17H,3-12,15H2,1-2H3. The Morgan fingerprint density at radius 3 is 2.41 bits per heavy atom. The normalized spacial score (nSPS) is 18.2. The van der Waals surface area contributed by atoms with Crippen molar-refractivity contribution in [3.8, 4) is 0 Å². The minimum Gasteiger partial charge on any atom is -0.395 e. The van der Waals surface area contributed by atoms with Crippen molar-refractivity contribution in [3.63, 3.8) is 0 Å². The molecule has 1 fully saturated rings. The fourth-order valence-electron chi connectivity index (χ4n) is 2.74. The van der Waals surface area contributed by atoms with Crippen molar-refractivity contribution >= 4 is 0 Å². The highest BCUT2D eigenvalue weighted by Gasteiger charge is 2.22. The molecule has 17 heavy (non-hydrogen) atoms. The maximum Gasteiger partial charge on any atom is 0.0558 e. The molecule has 1 aliphatic carbocycles. The summed E-state index contributed by atoms with van der Waals surface area (Å²) in [5, 5.41) is 9.14. The molecular weight excluding hydrogens is 212 g/mol. The smallest absolute Gasteiger partial charge is 0.0558 e. The van der Waals surface area contributed by atoms with Crippen molar-refractivity contribution in [3.05, 3.63) is 0 Å². The maximum absolute atomic E-state index is 9.14. The lowest BCUT2D eigenvalue weighted by Crippen LogP contribution is -2.37. The van der Waals surface area contributed by atoms with Gasteiger partial charge in [-0.3, -0.25) is 4.90 Å².